The van der Waals surface area contributed by atoms with Gasteiger partial charge in [-0.1, -0.05) is 55.9 Å². The van der Waals surface area contributed by atoms with Crippen LogP contribution in [0.5, 0.6) is 0 Å². The maximum absolute atomic E-state index is 13.4. The second kappa shape index (κ2) is 10.3. The third kappa shape index (κ3) is 5.40. The van der Waals surface area contributed by atoms with Crippen molar-refractivity contribution < 1.29 is 9.53 Å². The van der Waals surface area contributed by atoms with E-state index in [1.165, 1.54) is 11.8 Å². The molecule has 1 aromatic heterocycles. The van der Waals surface area contributed by atoms with Crippen LogP contribution in [0.15, 0.2) is 58.5 Å². The van der Waals surface area contributed by atoms with Crippen LogP contribution in [0, 0.1) is 5.92 Å². The Hall–Kier alpha value is -2.64. The van der Waals surface area contributed by atoms with Gasteiger partial charge in [0.1, 0.15) is 0 Å². The standard InChI is InChI=1S/C25H29N3O3S/c1-17(2)14-26-23(29)19-10-11-21-22(13-19)27-25(32-16-18-7-4-3-5-8-18)28(24(21)30)15-20-9-6-12-31-20/h3-5,7-8,10-11,13,17,20H,6,9,12,14-16H2,1-2H3,(H,26,29)/t20-/m1/s1. The van der Waals surface area contributed by atoms with E-state index in [9.17, 15) is 9.59 Å². The zero-order valence-corrected chi connectivity index (χ0v) is 19.4. The van der Waals surface area contributed by atoms with E-state index >= 15 is 0 Å². The van der Waals surface area contributed by atoms with Gasteiger partial charge in [-0.3, -0.25) is 14.2 Å². The van der Waals surface area contributed by atoms with Crippen molar-refractivity contribution >= 4 is 28.6 Å². The van der Waals surface area contributed by atoms with Crippen molar-refractivity contribution in [1.29, 1.82) is 0 Å². The molecule has 2 heterocycles. The van der Waals surface area contributed by atoms with Crippen molar-refractivity contribution in [3.63, 3.8) is 0 Å². The summed E-state index contributed by atoms with van der Waals surface area (Å²) in [5, 5.41) is 4.10. The molecule has 1 N–H and O–H groups in total. The Bertz CT molecular complexity index is 1140. The lowest BCUT2D eigenvalue weighted by molar-refractivity contribution is 0.0937. The maximum atomic E-state index is 13.4. The molecule has 32 heavy (non-hydrogen) atoms. The number of rotatable bonds is 8. The van der Waals surface area contributed by atoms with E-state index in [0.717, 1.165) is 25.0 Å². The summed E-state index contributed by atoms with van der Waals surface area (Å²) in [5.41, 5.74) is 2.14. The van der Waals surface area contributed by atoms with Gasteiger partial charge in [-0.2, -0.15) is 0 Å². The molecule has 6 nitrogen and oxygen atoms in total. The van der Waals surface area contributed by atoms with E-state index in [1.54, 1.807) is 22.8 Å². The average Bonchev–Trinajstić information content (AvgIpc) is 3.32. The Morgan fingerprint density at radius 3 is 2.78 bits per heavy atom. The molecule has 1 atom stereocenters. The van der Waals surface area contributed by atoms with Crippen molar-refractivity contribution in [2.75, 3.05) is 13.2 Å². The van der Waals surface area contributed by atoms with E-state index in [4.69, 9.17) is 9.72 Å². The summed E-state index contributed by atoms with van der Waals surface area (Å²) in [7, 11) is 0. The van der Waals surface area contributed by atoms with Gasteiger partial charge in [0.25, 0.3) is 11.5 Å². The van der Waals surface area contributed by atoms with Crippen LogP contribution in [0.25, 0.3) is 10.9 Å². The highest BCUT2D eigenvalue weighted by atomic mass is 32.2. The SMILES string of the molecule is CC(C)CNC(=O)c1ccc2c(=O)n(C[C@H]3CCCO3)c(SCc3ccccc3)nc2c1. The minimum absolute atomic E-state index is 0.0316. The van der Waals surface area contributed by atoms with Gasteiger partial charge >= 0.3 is 0 Å². The van der Waals surface area contributed by atoms with Crippen LogP contribution in [0.1, 0.15) is 42.6 Å². The highest BCUT2D eigenvalue weighted by Crippen LogP contribution is 2.24. The van der Waals surface area contributed by atoms with Gasteiger partial charge in [-0.15, -0.1) is 0 Å². The fourth-order valence-electron chi connectivity index (χ4n) is 3.73. The molecule has 1 aliphatic heterocycles. The Balaban J connectivity index is 1.68. The molecule has 0 radical (unpaired) electrons. The zero-order chi connectivity index (χ0) is 22.5. The fourth-order valence-corrected chi connectivity index (χ4v) is 4.69. The quantitative estimate of drug-likeness (QED) is 0.409. The number of amides is 1. The van der Waals surface area contributed by atoms with Crippen LogP contribution in [-0.2, 0) is 17.0 Å². The number of benzene rings is 2. The number of ether oxygens (including phenoxy) is 1. The number of nitrogens with one attached hydrogen (secondary N) is 1. The van der Waals surface area contributed by atoms with Gasteiger partial charge in [0.15, 0.2) is 5.16 Å². The molecule has 0 saturated carbocycles. The normalized spacial score (nSPS) is 16.0. The summed E-state index contributed by atoms with van der Waals surface area (Å²) in [6, 6.07) is 15.3. The molecular formula is C25H29N3O3S. The smallest absolute Gasteiger partial charge is 0.262 e. The first kappa shape index (κ1) is 22.6. The molecule has 0 unspecified atom stereocenters. The fraction of sp³-hybridized carbons (Fsp3) is 0.400. The Kier molecular flexibility index (Phi) is 7.27. The minimum atomic E-state index is -0.149. The van der Waals surface area contributed by atoms with E-state index in [0.29, 0.717) is 46.4 Å². The third-order valence-electron chi connectivity index (χ3n) is 5.47. The molecule has 3 aromatic rings. The van der Waals surface area contributed by atoms with Crippen molar-refractivity contribution in [2.45, 2.75) is 50.2 Å². The molecule has 0 bridgehead atoms. The summed E-state index contributed by atoms with van der Waals surface area (Å²) < 4.78 is 7.53. The van der Waals surface area contributed by atoms with Gasteiger partial charge in [-0.05, 0) is 42.5 Å². The average molecular weight is 452 g/mol. The first-order valence-electron chi connectivity index (χ1n) is 11.1. The second-order valence-electron chi connectivity index (χ2n) is 8.56. The Labute approximate surface area is 192 Å². The number of nitrogens with zero attached hydrogens (tertiary/aromatic N) is 2. The second-order valence-corrected chi connectivity index (χ2v) is 9.50. The van der Waals surface area contributed by atoms with Crippen molar-refractivity contribution in [1.82, 2.24) is 14.9 Å². The molecule has 1 aliphatic rings. The van der Waals surface area contributed by atoms with Crippen LogP contribution in [0.3, 0.4) is 0 Å². The molecule has 168 valence electrons. The van der Waals surface area contributed by atoms with Crippen LogP contribution in [0.4, 0.5) is 0 Å². The Morgan fingerprint density at radius 2 is 2.06 bits per heavy atom. The summed E-state index contributed by atoms with van der Waals surface area (Å²) in [5.74, 6) is 0.923. The van der Waals surface area contributed by atoms with Crippen molar-refractivity contribution in [2.24, 2.45) is 5.92 Å². The number of fused-ring (bicyclic) bond motifs is 1. The number of hydrogen-bond donors (Lipinski definition) is 1. The summed E-state index contributed by atoms with van der Waals surface area (Å²) in [6.45, 7) is 5.94. The minimum Gasteiger partial charge on any atom is -0.376 e. The highest BCUT2D eigenvalue weighted by molar-refractivity contribution is 7.98. The predicted molar refractivity (Wildman–Crippen MR) is 128 cm³/mol. The molecular weight excluding hydrogens is 422 g/mol. The molecule has 7 heteroatoms. The van der Waals surface area contributed by atoms with Crippen LogP contribution >= 0.6 is 11.8 Å². The van der Waals surface area contributed by atoms with Gasteiger partial charge in [-0.25, -0.2) is 4.98 Å². The summed E-state index contributed by atoms with van der Waals surface area (Å²) >= 11 is 1.54. The van der Waals surface area contributed by atoms with Crippen LogP contribution < -0.4 is 10.9 Å². The number of carbonyl (C=O) groups excluding carboxylic acids is 1. The lowest BCUT2D eigenvalue weighted by atomic mass is 10.1. The maximum Gasteiger partial charge on any atom is 0.262 e. The van der Waals surface area contributed by atoms with E-state index in [-0.39, 0.29) is 17.6 Å². The molecule has 2 aromatic carbocycles. The summed E-state index contributed by atoms with van der Waals surface area (Å²) in [4.78, 5) is 30.7. The summed E-state index contributed by atoms with van der Waals surface area (Å²) in [6.07, 6.45) is 1.99. The molecule has 4 rings (SSSR count). The van der Waals surface area contributed by atoms with Crippen LogP contribution in [0.2, 0.25) is 0 Å². The number of hydrogen-bond acceptors (Lipinski definition) is 5. The number of carbonyl (C=O) groups is 1. The van der Waals surface area contributed by atoms with E-state index in [1.807, 2.05) is 18.2 Å². The van der Waals surface area contributed by atoms with Gasteiger partial charge in [0.05, 0.1) is 23.6 Å². The predicted octanol–water partition coefficient (Wildman–Crippen LogP) is 4.25. The number of aromatic nitrogens is 2. The van der Waals surface area contributed by atoms with Crippen LogP contribution in [-0.4, -0.2) is 34.7 Å². The monoisotopic (exact) mass is 451 g/mol. The lowest BCUT2D eigenvalue weighted by Gasteiger charge is -2.17. The Morgan fingerprint density at radius 1 is 1.25 bits per heavy atom. The topological polar surface area (TPSA) is 73.2 Å². The molecule has 1 saturated heterocycles. The van der Waals surface area contributed by atoms with Gasteiger partial charge in [0, 0.05) is 24.5 Å². The van der Waals surface area contributed by atoms with Crippen molar-refractivity contribution in [3.8, 4) is 0 Å². The van der Waals surface area contributed by atoms with E-state index < -0.39 is 0 Å². The number of thioether (sulfide) groups is 1. The molecule has 0 aliphatic carbocycles. The van der Waals surface area contributed by atoms with Crippen molar-refractivity contribution in [3.05, 3.63) is 70.0 Å². The highest BCUT2D eigenvalue weighted by Gasteiger charge is 2.21. The van der Waals surface area contributed by atoms with Gasteiger partial charge < -0.3 is 10.1 Å². The largest absolute Gasteiger partial charge is 0.376 e. The van der Waals surface area contributed by atoms with E-state index in [2.05, 4.69) is 31.3 Å². The van der Waals surface area contributed by atoms with Gasteiger partial charge in [0.2, 0.25) is 0 Å². The molecule has 0 spiro atoms. The first-order valence-corrected chi connectivity index (χ1v) is 12.1. The molecule has 1 fully saturated rings. The molecule has 1 amide bonds. The zero-order valence-electron chi connectivity index (χ0n) is 18.5. The third-order valence-corrected chi connectivity index (χ3v) is 6.52. The first-order chi connectivity index (χ1) is 15.5. The lowest BCUT2D eigenvalue weighted by Crippen LogP contribution is -2.29.